The molecular formula is C13H12F3N3O4. The summed E-state index contributed by atoms with van der Waals surface area (Å²) in [5.74, 6) is -2.03. The number of rotatable bonds is 6. The van der Waals surface area contributed by atoms with E-state index in [0.717, 1.165) is 24.3 Å². The molecule has 0 fully saturated rings. The maximum absolute atomic E-state index is 12.8. The Hall–Kier alpha value is -2.49. The van der Waals surface area contributed by atoms with Crippen LogP contribution < -0.4 is 5.32 Å². The smallest absolute Gasteiger partial charge is 0.442 e. The standard InChI is InChI=1S/C13H12F3N3O4/c1-23-6-9(11(21)22)17-10(20)7-2-4-8(5-3-7)12(18-19-12)13(14,15)16/h2-5,9H,6H2,1H3,(H,17,20)(H,21,22). The molecule has 0 aliphatic carbocycles. The van der Waals surface area contributed by atoms with Gasteiger partial charge in [0.15, 0.2) is 6.04 Å². The van der Waals surface area contributed by atoms with E-state index in [1.54, 1.807) is 0 Å². The van der Waals surface area contributed by atoms with Crippen molar-refractivity contribution in [2.24, 2.45) is 10.2 Å². The molecule has 0 spiro atoms. The van der Waals surface area contributed by atoms with Gasteiger partial charge in [-0.2, -0.15) is 13.2 Å². The fourth-order valence-corrected chi connectivity index (χ4v) is 1.88. The number of carboxylic acids is 1. The van der Waals surface area contributed by atoms with Crippen LogP contribution >= 0.6 is 0 Å². The van der Waals surface area contributed by atoms with Gasteiger partial charge >= 0.3 is 17.8 Å². The first-order chi connectivity index (χ1) is 10.7. The Morgan fingerprint density at radius 1 is 1.30 bits per heavy atom. The maximum Gasteiger partial charge on any atom is 0.442 e. The molecule has 0 aromatic heterocycles. The SMILES string of the molecule is COCC(NC(=O)c1ccc(C2(C(F)(F)F)N=N2)cc1)C(=O)O. The molecule has 1 aromatic carbocycles. The molecule has 7 nitrogen and oxygen atoms in total. The molecule has 1 atom stereocenters. The van der Waals surface area contributed by atoms with E-state index in [1.165, 1.54) is 7.11 Å². The molecule has 0 saturated heterocycles. The van der Waals surface area contributed by atoms with Gasteiger partial charge in [0.2, 0.25) is 0 Å². The summed E-state index contributed by atoms with van der Waals surface area (Å²) in [4.78, 5) is 22.8. The summed E-state index contributed by atoms with van der Waals surface area (Å²) in [5, 5.41) is 17.2. The summed E-state index contributed by atoms with van der Waals surface area (Å²) in [6.07, 6.45) is -4.65. The first kappa shape index (κ1) is 16.9. The van der Waals surface area contributed by atoms with Crippen LogP contribution in [0.5, 0.6) is 0 Å². The van der Waals surface area contributed by atoms with E-state index in [4.69, 9.17) is 5.11 Å². The molecule has 2 rings (SSSR count). The molecule has 2 N–H and O–H groups in total. The zero-order valence-corrected chi connectivity index (χ0v) is 11.8. The number of nitrogens with zero attached hydrogens (tertiary/aromatic N) is 2. The van der Waals surface area contributed by atoms with E-state index < -0.39 is 29.8 Å². The molecule has 0 bridgehead atoms. The number of halogens is 3. The number of carboxylic acid groups (broad SMARTS) is 1. The van der Waals surface area contributed by atoms with Crippen molar-refractivity contribution in [3.05, 3.63) is 35.4 Å². The van der Waals surface area contributed by atoms with Crippen molar-refractivity contribution in [3.8, 4) is 0 Å². The third kappa shape index (κ3) is 3.31. The van der Waals surface area contributed by atoms with Crippen molar-refractivity contribution in [2.45, 2.75) is 17.9 Å². The van der Waals surface area contributed by atoms with Gasteiger partial charge in [-0.3, -0.25) is 4.79 Å². The average Bonchev–Trinajstić information content (AvgIpc) is 3.28. The molecule has 10 heteroatoms. The van der Waals surface area contributed by atoms with Crippen molar-refractivity contribution in [1.29, 1.82) is 0 Å². The topological polar surface area (TPSA) is 100 Å². The van der Waals surface area contributed by atoms with Crippen LogP contribution in [0, 0.1) is 0 Å². The minimum absolute atomic E-state index is 0.00841. The molecule has 0 radical (unpaired) electrons. The Morgan fingerprint density at radius 2 is 1.87 bits per heavy atom. The van der Waals surface area contributed by atoms with E-state index in [2.05, 4.69) is 20.3 Å². The minimum atomic E-state index is -4.65. The number of hydrogen-bond donors (Lipinski definition) is 2. The number of aliphatic carboxylic acids is 1. The van der Waals surface area contributed by atoms with Crippen LogP contribution in [0.4, 0.5) is 13.2 Å². The summed E-state index contributed by atoms with van der Waals surface area (Å²) < 4.78 is 43.2. The zero-order chi connectivity index (χ0) is 17.3. The Kier molecular flexibility index (Phi) is 4.37. The van der Waals surface area contributed by atoms with E-state index in [0.29, 0.717) is 0 Å². The molecule has 1 aliphatic rings. The molecule has 124 valence electrons. The molecule has 1 unspecified atom stereocenters. The second-order valence-corrected chi connectivity index (χ2v) is 4.77. The van der Waals surface area contributed by atoms with E-state index >= 15 is 0 Å². The Morgan fingerprint density at radius 3 is 2.26 bits per heavy atom. The van der Waals surface area contributed by atoms with Gasteiger partial charge in [-0.25, -0.2) is 4.79 Å². The van der Waals surface area contributed by atoms with Crippen LogP contribution in [0.25, 0.3) is 0 Å². The summed E-state index contributed by atoms with van der Waals surface area (Å²) in [6.45, 7) is -0.242. The number of benzene rings is 1. The average molecular weight is 331 g/mol. The highest BCUT2D eigenvalue weighted by molar-refractivity contribution is 5.96. The Balaban J connectivity index is 2.11. The van der Waals surface area contributed by atoms with E-state index in [-0.39, 0.29) is 17.7 Å². The molecule has 1 aliphatic heterocycles. The van der Waals surface area contributed by atoms with Gasteiger partial charge in [0.05, 0.1) is 6.61 Å². The van der Waals surface area contributed by atoms with Crippen LogP contribution in [0.2, 0.25) is 0 Å². The first-order valence-electron chi connectivity index (χ1n) is 6.35. The lowest BCUT2D eigenvalue weighted by molar-refractivity contribution is -0.166. The summed E-state index contributed by atoms with van der Waals surface area (Å²) in [6, 6.07) is 3.19. The molecular weight excluding hydrogens is 319 g/mol. The summed E-state index contributed by atoms with van der Waals surface area (Å²) in [5.41, 5.74) is -2.76. The highest BCUT2D eigenvalue weighted by Gasteiger charge is 2.65. The molecule has 23 heavy (non-hydrogen) atoms. The number of amides is 1. The number of methoxy groups -OCH3 is 1. The van der Waals surface area contributed by atoms with Gasteiger partial charge in [-0.05, 0) is 12.1 Å². The second kappa shape index (κ2) is 5.95. The third-order valence-corrected chi connectivity index (χ3v) is 3.18. The fourth-order valence-electron chi connectivity index (χ4n) is 1.88. The third-order valence-electron chi connectivity index (χ3n) is 3.18. The van der Waals surface area contributed by atoms with Gasteiger partial charge in [0, 0.05) is 18.2 Å². The Labute approximate surface area is 128 Å². The quantitative estimate of drug-likeness (QED) is 0.828. The Bertz CT molecular complexity index is 637. The van der Waals surface area contributed by atoms with Gasteiger partial charge in [0.1, 0.15) is 0 Å². The van der Waals surface area contributed by atoms with E-state index in [9.17, 15) is 22.8 Å². The molecule has 0 saturated carbocycles. The first-order valence-corrected chi connectivity index (χ1v) is 6.35. The van der Waals surface area contributed by atoms with Crippen molar-refractivity contribution in [1.82, 2.24) is 5.32 Å². The number of alkyl halides is 3. The van der Waals surface area contributed by atoms with Gasteiger partial charge < -0.3 is 15.2 Å². The lowest BCUT2D eigenvalue weighted by Crippen LogP contribution is -2.43. The van der Waals surface area contributed by atoms with Crippen molar-refractivity contribution in [3.63, 3.8) is 0 Å². The number of ether oxygens (including phenoxy) is 1. The van der Waals surface area contributed by atoms with Gasteiger partial charge in [-0.15, -0.1) is 10.2 Å². The predicted octanol–water partition coefficient (Wildman–Crippen LogP) is 1.70. The van der Waals surface area contributed by atoms with Crippen LogP contribution in [0.1, 0.15) is 15.9 Å². The molecule has 1 amide bonds. The predicted molar refractivity (Wildman–Crippen MR) is 69.8 cm³/mol. The largest absolute Gasteiger partial charge is 0.480 e. The van der Waals surface area contributed by atoms with Crippen molar-refractivity contribution >= 4 is 11.9 Å². The molecule has 1 aromatic rings. The summed E-state index contributed by atoms with van der Waals surface area (Å²) >= 11 is 0. The number of carbonyl (C=O) groups excluding carboxylic acids is 1. The lowest BCUT2D eigenvalue weighted by Gasteiger charge is -2.16. The van der Waals surface area contributed by atoms with Crippen LogP contribution in [-0.4, -0.2) is 42.9 Å². The number of hydrogen-bond acceptors (Lipinski definition) is 5. The summed E-state index contributed by atoms with van der Waals surface area (Å²) in [7, 11) is 1.27. The minimum Gasteiger partial charge on any atom is -0.480 e. The van der Waals surface area contributed by atoms with Crippen LogP contribution in [-0.2, 0) is 15.2 Å². The van der Waals surface area contributed by atoms with Gasteiger partial charge in [0.25, 0.3) is 5.91 Å². The van der Waals surface area contributed by atoms with E-state index in [1.807, 2.05) is 0 Å². The maximum atomic E-state index is 12.8. The number of nitrogens with one attached hydrogen (secondary N) is 1. The van der Waals surface area contributed by atoms with Crippen molar-refractivity contribution in [2.75, 3.05) is 13.7 Å². The zero-order valence-electron chi connectivity index (χ0n) is 11.8. The second-order valence-electron chi connectivity index (χ2n) is 4.77. The highest BCUT2D eigenvalue weighted by Crippen LogP contribution is 2.52. The highest BCUT2D eigenvalue weighted by atomic mass is 19.4. The monoisotopic (exact) mass is 331 g/mol. The fraction of sp³-hybridized carbons (Fsp3) is 0.385. The number of carbonyl (C=O) groups is 2. The van der Waals surface area contributed by atoms with Crippen molar-refractivity contribution < 1.29 is 32.6 Å². The molecule has 1 heterocycles. The van der Waals surface area contributed by atoms with Crippen LogP contribution in [0.15, 0.2) is 34.5 Å². The normalized spacial score (nSPS) is 16.7. The lowest BCUT2D eigenvalue weighted by atomic mass is 10.0. The van der Waals surface area contributed by atoms with Gasteiger partial charge in [-0.1, -0.05) is 12.1 Å². The van der Waals surface area contributed by atoms with Crippen LogP contribution in [0.3, 0.4) is 0 Å².